The Morgan fingerprint density at radius 1 is 1.32 bits per heavy atom. The van der Waals surface area contributed by atoms with E-state index in [0.717, 1.165) is 29.8 Å². The van der Waals surface area contributed by atoms with Crippen LogP contribution in [0.15, 0.2) is 47.3 Å². The van der Waals surface area contributed by atoms with Gasteiger partial charge in [-0.05, 0) is 37.1 Å². The van der Waals surface area contributed by atoms with E-state index in [9.17, 15) is 9.59 Å². The van der Waals surface area contributed by atoms with Crippen LogP contribution in [0.4, 0.5) is 10.5 Å². The molecule has 1 fully saturated rings. The third-order valence-corrected chi connectivity index (χ3v) is 4.35. The van der Waals surface area contributed by atoms with Gasteiger partial charge >= 0.3 is 6.03 Å². The number of amides is 3. The molecule has 0 bridgehead atoms. The highest BCUT2D eigenvalue weighted by molar-refractivity contribution is 5.89. The largest absolute Gasteiger partial charge is 0.472 e. The lowest BCUT2D eigenvalue weighted by Crippen LogP contribution is -2.34. The smallest absolute Gasteiger partial charge is 0.322 e. The van der Waals surface area contributed by atoms with Crippen molar-refractivity contribution in [1.29, 1.82) is 0 Å². The van der Waals surface area contributed by atoms with Crippen molar-refractivity contribution in [3.63, 3.8) is 0 Å². The maximum atomic E-state index is 12.5. The van der Waals surface area contributed by atoms with E-state index in [-0.39, 0.29) is 11.9 Å². The van der Waals surface area contributed by atoms with E-state index in [2.05, 4.69) is 5.32 Å². The Morgan fingerprint density at radius 2 is 2.20 bits per heavy atom. The molecule has 1 aliphatic rings. The number of carbonyl (C=O) groups excluding carboxylic acids is 2. The number of hydrogen-bond donors (Lipinski definition) is 1. The first-order chi connectivity index (χ1) is 12.2. The fraction of sp³-hybridized carbons (Fsp3) is 0.368. The van der Waals surface area contributed by atoms with Crippen molar-refractivity contribution in [2.75, 3.05) is 18.4 Å². The van der Waals surface area contributed by atoms with E-state index in [1.807, 2.05) is 42.2 Å². The van der Waals surface area contributed by atoms with Gasteiger partial charge in [-0.15, -0.1) is 0 Å². The summed E-state index contributed by atoms with van der Waals surface area (Å²) in [5.74, 6) is 0.201. The fourth-order valence-corrected chi connectivity index (χ4v) is 2.97. The number of rotatable bonds is 6. The molecule has 132 valence electrons. The summed E-state index contributed by atoms with van der Waals surface area (Å²) < 4.78 is 5.06. The molecule has 0 unspecified atom stereocenters. The third kappa shape index (κ3) is 4.41. The van der Waals surface area contributed by atoms with Crippen molar-refractivity contribution >= 4 is 17.6 Å². The van der Waals surface area contributed by atoms with Crippen molar-refractivity contribution in [2.24, 2.45) is 0 Å². The molecule has 2 aromatic rings. The highest BCUT2D eigenvalue weighted by Crippen LogP contribution is 2.18. The first-order valence-electron chi connectivity index (χ1n) is 8.59. The van der Waals surface area contributed by atoms with Crippen LogP contribution in [0.2, 0.25) is 0 Å². The van der Waals surface area contributed by atoms with Crippen LogP contribution in [0.3, 0.4) is 0 Å². The highest BCUT2D eigenvalue weighted by Gasteiger charge is 2.20. The number of nitrogens with one attached hydrogen (secondary N) is 1. The quantitative estimate of drug-likeness (QED) is 0.875. The standard InChI is InChI=1S/C19H23N3O3/c1-2-21(13-16-8-10-25-14-16)19(24)20-17-6-3-5-15(11-17)12-22-9-4-7-18(22)23/h3,5-6,8,10-11,14H,2,4,7,9,12-13H2,1H3,(H,20,24). The summed E-state index contributed by atoms with van der Waals surface area (Å²) in [6.45, 7) is 4.44. The zero-order valence-electron chi connectivity index (χ0n) is 14.4. The van der Waals surface area contributed by atoms with Gasteiger partial charge in [0.15, 0.2) is 0 Å². The van der Waals surface area contributed by atoms with Gasteiger partial charge in [-0.2, -0.15) is 0 Å². The normalized spacial score (nSPS) is 14.0. The van der Waals surface area contributed by atoms with Gasteiger partial charge in [-0.3, -0.25) is 4.79 Å². The predicted molar refractivity (Wildman–Crippen MR) is 94.9 cm³/mol. The van der Waals surface area contributed by atoms with E-state index < -0.39 is 0 Å². The third-order valence-electron chi connectivity index (χ3n) is 4.35. The number of furan rings is 1. The van der Waals surface area contributed by atoms with Crippen LogP contribution in [0.1, 0.15) is 30.9 Å². The Kier molecular flexibility index (Phi) is 5.38. The fourth-order valence-electron chi connectivity index (χ4n) is 2.97. The summed E-state index contributed by atoms with van der Waals surface area (Å²) in [7, 11) is 0. The van der Waals surface area contributed by atoms with Crippen LogP contribution >= 0.6 is 0 Å². The minimum atomic E-state index is -0.155. The molecular formula is C19H23N3O3. The molecule has 2 heterocycles. The molecule has 1 aromatic heterocycles. The molecule has 25 heavy (non-hydrogen) atoms. The topological polar surface area (TPSA) is 65.8 Å². The summed E-state index contributed by atoms with van der Waals surface area (Å²) in [6.07, 6.45) is 4.80. The molecule has 0 radical (unpaired) electrons. The lowest BCUT2D eigenvalue weighted by Gasteiger charge is -2.21. The first-order valence-corrected chi connectivity index (χ1v) is 8.59. The molecule has 1 saturated heterocycles. The lowest BCUT2D eigenvalue weighted by molar-refractivity contribution is -0.128. The number of anilines is 1. The van der Waals surface area contributed by atoms with Gasteiger partial charge in [0, 0.05) is 37.3 Å². The number of nitrogens with zero attached hydrogens (tertiary/aromatic N) is 2. The zero-order chi connectivity index (χ0) is 17.6. The van der Waals surface area contributed by atoms with Crippen molar-refractivity contribution in [3.05, 3.63) is 54.0 Å². The molecule has 0 spiro atoms. The number of likely N-dealkylation sites (tertiary alicyclic amines) is 1. The second kappa shape index (κ2) is 7.88. The van der Waals surface area contributed by atoms with Crippen LogP contribution in [0.25, 0.3) is 0 Å². The van der Waals surface area contributed by atoms with Gasteiger partial charge < -0.3 is 19.5 Å². The minimum Gasteiger partial charge on any atom is -0.472 e. The van der Waals surface area contributed by atoms with Gasteiger partial charge in [-0.25, -0.2) is 4.79 Å². The van der Waals surface area contributed by atoms with Crippen LogP contribution in [0.5, 0.6) is 0 Å². The summed E-state index contributed by atoms with van der Waals surface area (Å²) in [6, 6.07) is 9.36. The molecule has 6 nitrogen and oxygen atoms in total. The molecule has 0 saturated carbocycles. The summed E-state index contributed by atoms with van der Waals surface area (Å²) in [5, 5.41) is 2.93. The van der Waals surface area contributed by atoms with E-state index in [1.54, 1.807) is 17.4 Å². The molecular weight excluding hydrogens is 318 g/mol. The Hall–Kier alpha value is -2.76. The monoisotopic (exact) mass is 341 g/mol. The van der Waals surface area contributed by atoms with Crippen LogP contribution in [0, 0.1) is 0 Å². The molecule has 1 N–H and O–H groups in total. The zero-order valence-corrected chi connectivity index (χ0v) is 14.4. The molecule has 1 aliphatic heterocycles. The molecule has 3 rings (SSSR count). The van der Waals surface area contributed by atoms with Crippen LogP contribution < -0.4 is 5.32 Å². The number of benzene rings is 1. The van der Waals surface area contributed by atoms with Gasteiger partial charge in [0.2, 0.25) is 5.91 Å². The Morgan fingerprint density at radius 3 is 2.88 bits per heavy atom. The Bertz CT molecular complexity index is 727. The van der Waals surface area contributed by atoms with E-state index in [4.69, 9.17) is 4.42 Å². The van der Waals surface area contributed by atoms with Gasteiger partial charge in [0.05, 0.1) is 19.1 Å². The number of hydrogen-bond acceptors (Lipinski definition) is 3. The number of carbonyl (C=O) groups is 2. The van der Waals surface area contributed by atoms with Crippen LogP contribution in [-0.2, 0) is 17.9 Å². The SMILES string of the molecule is CCN(Cc1ccoc1)C(=O)Nc1cccc(CN2CCCC2=O)c1. The van der Waals surface area contributed by atoms with Crippen molar-refractivity contribution in [1.82, 2.24) is 9.80 Å². The first kappa shape index (κ1) is 17.1. The molecule has 0 atom stereocenters. The van der Waals surface area contributed by atoms with E-state index >= 15 is 0 Å². The summed E-state index contributed by atoms with van der Waals surface area (Å²) >= 11 is 0. The van der Waals surface area contributed by atoms with Crippen molar-refractivity contribution in [3.8, 4) is 0 Å². The average molecular weight is 341 g/mol. The summed E-state index contributed by atoms with van der Waals surface area (Å²) in [4.78, 5) is 27.8. The minimum absolute atomic E-state index is 0.155. The highest BCUT2D eigenvalue weighted by atomic mass is 16.3. The van der Waals surface area contributed by atoms with Crippen LogP contribution in [-0.4, -0.2) is 34.8 Å². The molecule has 3 amide bonds. The maximum Gasteiger partial charge on any atom is 0.322 e. The van der Waals surface area contributed by atoms with Gasteiger partial charge in [-0.1, -0.05) is 12.1 Å². The summed E-state index contributed by atoms with van der Waals surface area (Å²) in [5.41, 5.74) is 2.71. The van der Waals surface area contributed by atoms with Crippen molar-refractivity contribution < 1.29 is 14.0 Å². The molecule has 0 aliphatic carbocycles. The van der Waals surface area contributed by atoms with E-state index in [1.165, 1.54) is 0 Å². The van der Waals surface area contributed by atoms with Gasteiger partial charge in [0.1, 0.15) is 0 Å². The predicted octanol–water partition coefficient (Wildman–Crippen LogP) is 3.46. The molecule has 6 heteroatoms. The number of urea groups is 1. The van der Waals surface area contributed by atoms with Gasteiger partial charge in [0.25, 0.3) is 0 Å². The second-order valence-corrected chi connectivity index (χ2v) is 6.20. The lowest BCUT2D eigenvalue weighted by atomic mass is 10.2. The Labute approximate surface area is 147 Å². The van der Waals surface area contributed by atoms with Crippen molar-refractivity contribution in [2.45, 2.75) is 32.9 Å². The average Bonchev–Trinajstić information content (AvgIpc) is 3.25. The second-order valence-electron chi connectivity index (χ2n) is 6.20. The van der Waals surface area contributed by atoms with E-state index in [0.29, 0.717) is 26.1 Å². The molecule has 1 aromatic carbocycles. The Balaban J connectivity index is 1.62. The maximum absolute atomic E-state index is 12.5.